The second kappa shape index (κ2) is 8.78. The van der Waals surface area contributed by atoms with Gasteiger partial charge in [-0.1, -0.05) is 55.5 Å². The van der Waals surface area contributed by atoms with Gasteiger partial charge < -0.3 is 9.88 Å². The molecule has 4 nitrogen and oxygen atoms in total. The van der Waals surface area contributed by atoms with Crippen LogP contribution in [0.2, 0.25) is 0 Å². The van der Waals surface area contributed by atoms with Crippen LogP contribution in [0.1, 0.15) is 45.4 Å². The van der Waals surface area contributed by atoms with Gasteiger partial charge in [-0.05, 0) is 59.8 Å². The third-order valence-electron chi connectivity index (χ3n) is 5.11. The molecule has 0 aliphatic carbocycles. The van der Waals surface area contributed by atoms with Crippen LogP contribution >= 0.6 is 15.9 Å². The molecule has 0 fully saturated rings. The molecule has 0 radical (unpaired) electrons. The summed E-state index contributed by atoms with van der Waals surface area (Å²) in [6.45, 7) is 8.11. The standard InChI is InChI=1S/C24H25BrN2O2/c1-5-19-21(25)23(28)20(17(4)26-19)24(29)27(14-18-12-7-6-8-13-18)22-15(2)10-9-11-16(22)3/h6-13H,5,14H2,1-4H3,(H,26,28). The average Bonchev–Trinajstić information content (AvgIpc) is 2.70. The molecule has 0 aliphatic heterocycles. The molecule has 5 heteroatoms. The Morgan fingerprint density at radius 2 is 1.62 bits per heavy atom. The maximum Gasteiger partial charge on any atom is 0.264 e. The summed E-state index contributed by atoms with van der Waals surface area (Å²) in [6, 6.07) is 15.8. The van der Waals surface area contributed by atoms with Gasteiger partial charge in [0.05, 0.1) is 16.7 Å². The topological polar surface area (TPSA) is 53.2 Å². The number of amides is 1. The van der Waals surface area contributed by atoms with Gasteiger partial charge in [-0.25, -0.2) is 0 Å². The number of aryl methyl sites for hydroxylation is 4. The minimum absolute atomic E-state index is 0.174. The minimum atomic E-state index is -0.298. The molecule has 0 saturated carbocycles. The van der Waals surface area contributed by atoms with E-state index in [1.807, 2.05) is 69.3 Å². The Morgan fingerprint density at radius 3 is 2.21 bits per heavy atom. The summed E-state index contributed by atoms with van der Waals surface area (Å²) in [5, 5.41) is 0. The molecular formula is C24H25BrN2O2. The van der Waals surface area contributed by atoms with Gasteiger partial charge in [-0.15, -0.1) is 0 Å². The highest BCUT2D eigenvalue weighted by Crippen LogP contribution is 2.28. The van der Waals surface area contributed by atoms with Gasteiger partial charge >= 0.3 is 0 Å². The molecule has 0 saturated heterocycles. The monoisotopic (exact) mass is 452 g/mol. The number of aromatic amines is 1. The van der Waals surface area contributed by atoms with Crippen LogP contribution in [0.25, 0.3) is 0 Å². The molecular weight excluding hydrogens is 428 g/mol. The number of carbonyl (C=O) groups is 1. The first-order valence-electron chi connectivity index (χ1n) is 9.68. The molecule has 0 atom stereocenters. The largest absolute Gasteiger partial charge is 0.361 e. The normalized spacial score (nSPS) is 10.8. The fourth-order valence-corrected chi connectivity index (χ4v) is 4.22. The number of para-hydroxylation sites is 1. The highest BCUT2D eigenvalue weighted by Gasteiger charge is 2.26. The second-order valence-corrected chi connectivity index (χ2v) is 8.01. The molecule has 0 unspecified atom stereocenters. The maximum absolute atomic E-state index is 13.7. The quantitative estimate of drug-likeness (QED) is 0.557. The number of pyridine rings is 1. The first-order valence-corrected chi connectivity index (χ1v) is 10.5. The lowest BCUT2D eigenvalue weighted by atomic mass is 10.0. The predicted molar refractivity (Wildman–Crippen MR) is 122 cm³/mol. The van der Waals surface area contributed by atoms with Crippen LogP contribution in [0.3, 0.4) is 0 Å². The van der Waals surface area contributed by atoms with E-state index in [9.17, 15) is 9.59 Å². The van der Waals surface area contributed by atoms with E-state index >= 15 is 0 Å². The fourth-order valence-electron chi connectivity index (χ4n) is 3.65. The number of nitrogens with zero attached hydrogens (tertiary/aromatic N) is 1. The lowest BCUT2D eigenvalue weighted by Crippen LogP contribution is -2.36. The molecule has 1 aromatic heterocycles. The number of H-pyrrole nitrogens is 1. The van der Waals surface area contributed by atoms with Crippen LogP contribution in [-0.4, -0.2) is 10.9 Å². The SMILES string of the molecule is CCc1[nH]c(C)c(C(=O)N(Cc2ccccc2)c2c(C)cccc2C)c(=O)c1Br. The Labute approximate surface area is 179 Å². The molecule has 3 aromatic rings. The van der Waals surface area contributed by atoms with Crippen LogP contribution in [0, 0.1) is 20.8 Å². The van der Waals surface area contributed by atoms with Crippen molar-refractivity contribution < 1.29 is 4.79 Å². The third kappa shape index (κ3) is 4.20. The predicted octanol–water partition coefficient (Wildman–Crippen LogP) is 5.47. The van der Waals surface area contributed by atoms with Gasteiger partial charge in [0.15, 0.2) is 0 Å². The van der Waals surface area contributed by atoms with Gasteiger partial charge in [0.2, 0.25) is 5.43 Å². The molecule has 0 spiro atoms. The smallest absolute Gasteiger partial charge is 0.264 e. The zero-order chi connectivity index (χ0) is 21.1. The number of rotatable bonds is 5. The summed E-state index contributed by atoms with van der Waals surface area (Å²) in [7, 11) is 0. The van der Waals surface area contributed by atoms with Gasteiger partial charge in [0, 0.05) is 11.4 Å². The van der Waals surface area contributed by atoms with Crippen molar-refractivity contribution in [3.8, 4) is 0 Å². The van der Waals surface area contributed by atoms with E-state index in [-0.39, 0.29) is 16.9 Å². The van der Waals surface area contributed by atoms with Crippen LogP contribution in [0.4, 0.5) is 5.69 Å². The van der Waals surface area contributed by atoms with Crippen molar-refractivity contribution in [2.24, 2.45) is 0 Å². The summed E-state index contributed by atoms with van der Waals surface area (Å²) in [5.41, 5.74) is 5.12. The minimum Gasteiger partial charge on any atom is -0.361 e. The van der Waals surface area contributed by atoms with Crippen molar-refractivity contribution in [2.75, 3.05) is 4.90 Å². The number of halogens is 1. The van der Waals surface area contributed by atoms with Gasteiger partial charge in [-0.3, -0.25) is 9.59 Å². The van der Waals surface area contributed by atoms with E-state index in [4.69, 9.17) is 0 Å². The van der Waals surface area contributed by atoms with Crippen molar-refractivity contribution in [1.82, 2.24) is 4.98 Å². The van der Waals surface area contributed by atoms with Gasteiger partial charge in [0.25, 0.3) is 5.91 Å². The average molecular weight is 453 g/mol. The third-order valence-corrected chi connectivity index (χ3v) is 5.95. The fraction of sp³-hybridized carbons (Fsp3) is 0.250. The Balaban J connectivity index is 2.18. The summed E-state index contributed by atoms with van der Waals surface area (Å²) >= 11 is 3.38. The first-order chi connectivity index (χ1) is 13.8. The van der Waals surface area contributed by atoms with E-state index < -0.39 is 0 Å². The number of benzene rings is 2. The van der Waals surface area contributed by atoms with Gasteiger partial charge in [0.1, 0.15) is 5.56 Å². The highest BCUT2D eigenvalue weighted by atomic mass is 79.9. The van der Waals surface area contributed by atoms with E-state index in [1.54, 1.807) is 11.8 Å². The maximum atomic E-state index is 13.7. The molecule has 0 aliphatic rings. The van der Waals surface area contributed by atoms with Crippen molar-refractivity contribution in [3.63, 3.8) is 0 Å². The Kier molecular flexibility index (Phi) is 6.38. The van der Waals surface area contributed by atoms with E-state index in [0.717, 1.165) is 28.1 Å². The van der Waals surface area contributed by atoms with Crippen molar-refractivity contribution in [3.05, 3.63) is 96.9 Å². The number of carbonyl (C=O) groups excluding carboxylic acids is 1. The van der Waals surface area contributed by atoms with Crippen LogP contribution in [0.15, 0.2) is 57.8 Å². The number of aromatic nitrogens is 1. The molecule has 1 heterocycles. The zero-order valence-electron chi connectivity index (χ0n) is 17.2. The van der Waals surface area contributed by atoms with Crippen molar-refractivity contribution in [1.29, 1.82) is 0 Å². The van der Waals surface area contributed by atoms with E-state index in [2.05, 4.69) is 20.9 Å². The lowest BCUT2D eigenvalue weighted by Gasteiger charge is -2.27. The zero-order valence-corrected chi connectivity index (χ0v) is 18.8. The summed E-state index contributed by atoms with van der Waals surface area (Å²) in [5.74, 6) is -0.298. The van der Waals surface area contributed by atoms with Crippen molar-refractivity contribution >= 4 is 27.5 Å². The van der Waals surface area contributed by atoms with E-state index in [1.165, 1.54) is 0 Å². The number of hydrogen-bond donors (Lipinski definition) is 1. The molecule has 0 bridgehead atoms. The van der Waals surface area contributed by atoms with E-state index in [0.29, 0.717) is 23.1 Å². The van der Waals surface area contributed by atoms with Crippen LogP contribution < -0.4 is 10.3 Å². The molecule has 1 amide bonds. The Bertz CT molecular complexity index is 1080. The first kappa shape index (κ1) is 21.1. The molecule has 2 aromatic carbocycles. The van der Waals surface area contributed by atoms with Gasteiger partial charge in [-0.2, -0.15) is 0 Å². The Morgan fingerprint density at radius 1 is 1.00 bits per heavy atom. The lowest BCUT2D eigenvalue weighted by molar-refractivity contribution is 0.0982. The molecule has 150 valence electrons. The second-order valence-electron chi connectivity index (χ2n) is 7.22. The highest BCUT2D eigenvalue weighted by molar-refractivity contribution is 9.10. The molecule has 29 heavy (non-hydrogen) atoms. The summed E-state index contributed by atoms with van der Waals surface area (Å²) in [4.78, 5) is 31.7. The number of nitrogens with one attached hydrogen (secondary N) is 1. The number of anilines is 1. The number of hydrogen-bond acceptors (Lipinski definition) is 2. The van der Waals surface area contributed by atoms with Crippen molar-refractivity contribution in [2.45, 2.75) is 40.7 Å². The summed E-state index contributed by atoms with van der Waals surface area (Å²) in [6.07, 6.45) is 0.676. The summed E-state index contributed by atoms with van der Waals surface area (Å²) < 4.78 is 0.426. The Hall–Kier alpha value is -2.66. The molecule has 1 N–H and O–H groups in total. The van der Waals surface area contributed by atoms with Crippen LogP contribution in [-0.2, 0) is 13.0 Å². The van der Waals surface area contributed by atoms with Crippen LogP contribution in [0.5, 0.6) is 0 Å². The molecule has 3 rings (SSSR count).